The standard InChI is InChI=1S/C23H22N2O4S/c1-5-28-22(27)19-15(4)24-23-25(20(19)16-9-6-13(2)7-10-16)21(26)18(30-23)12-17-11-8-14(3)29-17/h6-12,20H,5H2,1-4H3/b18-12+/t20-/m1/s1. The molecule has 4 rings (SSSR count). The van der Waals surface area contributed by atoms with Gasteiger partial charge in [0.05, 0.1) is 28.5 Å². The molecule has 1 aliphatic heterocycles. The summed E-state index contributed by atoms with van der Waals surface area (Å²) in [5.74, 6) is 0.915. The summed E-state index contributed by atoms with van der Waals surface area (Å²) >= 11 is 1.28. The molecule has 6 nitrogen and oxygen atoms in total. The van der Waals surface area contributed by atoms with Gasteiger partial charge in [-0.25, -0.2) is 9.79 Å². The zero-order valence-corrected chi connectivity index (χ0v) is 18.1. The lowest BCUT2D eigenvalue weighted by Gasteiger charge is -2.24. The molecule has 0 aliphatic carbocycles. The van der Waals surface area contributed by atoms with E-state index >= 15 is 0 Å². The van der Waals surface area contributed by atoms with Crippen molar-refractivity contribution in [1.29, 1.82) is 0 Å². The number of rotatable bonds is 4. The Bertz CT molecular complexity index is 1320. The highest BCUT2D eigenvalue weighted by molar-refractivity contribution is 7.07. The quantitative estimate of drug-likeness (QED) is 0.606. The van der Waals surface area contributed by atoms with Crippen molar-refractivity contribution < 1.29 is 13.9 Å². The molecular formula is C23H22N2O4S. The Balaban J connectivity index is 1.96. The topological polar surface area (TPSA) is 73.8 Å². The minimum absolute atomic E-state index is 0.215. The van der Waals surface area contributed by atoms with Crippen LogP contribution in [-0.4, -0.2) is 17.1 Å². The first kappa shape index (κ1) is 20.1. The molecule has 0 radical (unpaired) electrons. The molecule has 0 saturated heterocycles. The number of hydrogen-bond donors (Lipinski definition) is 0. The molecule has 0 spiro atoms. The van der Waals surface area contributed by atoms with Crippen molar-refractivity contribution in [3.05, 3.63) is 90.0 Å². The summed E-state index contributed by atoms with van der Waals surface area (Å²) in [5.41, 5.74) is 2.65. The maximum Gasteiger partial charge on any atom is 0.338 e. The molecule has 154 valence electrons. The summed E-state index contributed by atoms with van der Waals surface area (Å²) in [4.78, 5) is 31.3. The average molecular weight is 423 g/mol. The largest absolute Gasteiger partial charge is 0.463 e. The summed E-state index contributed by atoms with van der Waals surface area (Å²) in [5, 5.41) is 0. The molecule has 2 aromatic heterocycles. The van der Waals surface area contributed by atoms with Crippen LogP contribution in [0, 0.1) is 13.8 Å². The number of aryl methyl sites for hydroxylation is 2. The van der Waals surface area contributed by atoms with Gasteiger partial charge >= 0.3 is 5.97 Å². The van der Waals surface area contributed by atoms with Crippen LogP contribution < -0.4 is 14.9 Å². The lowest BCUT2D eigenvalue weighted by Crippen LogP contribution is -2.39. The minimum atomic E-state index is -0.596. The monoisotopic (exact) mass is 422 g/mol. The molecule has 3 aromatic rings. The van der Waals surface area contributed by atoms with Crippen LogP contribution in [0.25, 0.3) is 6.08 Å². The third kappa shape index (κ3) is 3.57. The van der Waals surface area contributed by atoms with Gasteiger partial charge in [0.25, 0.3) is 5.56 Å². The fourth-order valence-electron chi connectivity index (χ4n) is 3.52. The van der Waals surface area contributed by atoms with E-state index in [2.05, 4.69) is 4.99 Å². The number of esters is 1. The molecule has 1 aromatic carbocycles. The molecule has 30 heavy (non-hydrogen) atoms. The molecule has 0 N–H and O–H groups in total. The van der Waals surface area contributed by atoms with E-state index in [-0.39, 0.29) is 12.2 Å². The first-order chi connectivity index (χ1) is 14.4. The zero-order valence-electron chi connectivity index (χ0n) is 17.3. The number of hydrogen-bond acceptors (Lipinski definition) is 6. The van der Waals surface area contributed by atoms with Crippen molar-refractivity contribution in [2.24, 2.45) is 4.99 Å². The van der Waals surface area contributed by atoms with E-state index < -0.39 is 12.0 Å². The van der Waals surface area contributed by atoms with Crippen LogP contribution >= 0.6 is 11.3 Å². The van der Waals surface area contributed by atoms with Crippen molar-refractivity contribution in [2.75, 3.05) is 6.61 Å². The Kier molecular flexibility index (Phi) is 5.30. The first-order valence-electron chi connectivity index (χ1n) is 9.71. The van der Waals surface area contributed by atoms with Crippen LogP contribution in [0.4, 0.5) is 0 Å². The van der Waals surface area contributed by atoms with Gasteiger partial charge in [-0.3, -0.25) is 9.36 Å². The number of carbonyl (C=O) groups is 1. The van der Waals surface area contributed by atoms with E-state index in [9.17, 15) is 9.59 Å². The summed E-state index contributed by atoms with van der Waals surface area (Å²) in [6.07, 6.45) is 1.71. The first-order valence-corrected chi connectivity index (χ1v) is 10.5. The Morgan fingerprint density at radius 2 is 1.93 bits per heavy atom. The van der Waals surface area contributed by atoms with Gasteiger partial charge in [0, 0.05) is 6.08 Å². The number of nitrogens with zero attached hydrogens (tertiary/aromatic N) is 2. The third-order valence-electron chi connectivity index (χ3n) is 4.94. The number of ether oxygens (including phenoxy) is 1. The highest BCUT2D eigenvalue weighted by Crippen LogP contribution is 2.30. The SMILES string of the molecule is CCOC(=O)C1=C(C)N=c2s/c(=C/c3ccc(C)o3)c(=O)n2[C@@H]1c1ccc(C)cc1. The second-order valence-electron chi connectivity index (χ2n) is 7.16. The van der Waals surface area contributed by atoms with Crippen molar-refractivity contribution in [1.82, 2.24) is 4.57 Å². The number of fused-ring (bicyclic) bond motifs is 1. The van der Waals surface area contributed by atoms with E-state index in [1.807, 2.05) is 50.2 Å². The van der Waals surface area contributed by atoms with Gasteiger partial charge in [-0.15, -0.1) is 0 Å². The Labute approximate surface area is 177 Å². The van der Waals surface area contributed by atoms with Crippen LogP contribution in [0.1, 0.15) is 42.5 Å². The molecule has 3 heterocycles. The third-order valence-corrected chi connectivity index (χ3v) is 5.93. The maximum atomic E-state index is 13.4. The number of furan rings is 1. The second-order valence-corrected chi connectivity index (χ2v) is 8.17. The smallest absolute Gasteiger partial charge is 0.338 e. The maximum absolute atomic E-state index is 13.4. The number of allylic oxidation sites excluding steroid dienone is 1. The van der Waals surface area contributed by atoms with Crippen molar-refractivity contribution in [3.8, 4) is 0 Å². The minimum Gasteiger partial charge on any atom is -0.463 e. The van der Waals surface area contributed by atoms with E-state index in [0.717, 1.165) is 16.9 Å². The van der Waals surface area contributed by atoms with Gasteiger partial charge in [-0.05, 0) is 45.4 Å². The van der Waals surface area contributed by atoms with Gasteiger partial charge in [0.2, 0.25) is 0 Å². The highest BCUT2D eigenvalue weighted by Gasteiger charge is 2.33. The van der Waals surface area contributed by atoms with Gasteiger partial charge in [0.15, 0.2) is 4.80 Å². The number of aromatic nitrogens is 1. The number of thiazole rings is 1. The highest BCUT2D eigenvalue weighted by atomic mass is 32.1. The molecule has 0 bridgehead atoms. The van der Waals surface area contributed by atoms with Crippen molar-refractivity contribution in [3.63, 3.8) is 0 Å². The van der Waals surface area contributed by atoms with Gasteiger partial charge < -0.3 is 9.15 Å². The van der Waals surface area contributed by atoms with Gasteiger partial charge in [0.1, 0.15) is 11.5 Å². The Hall–Kier alpha value is -3.19. The summed E-state index contributed by atoms with van der Waals surface area (Å²) in [6, 6.07) is 10.9. The molecule has 1 atom stereocenters. The normalized spacial score (nSPS) is 16.4. The van der Waals surface area contributed by atoms with Gasteiger partial charge in [-0.2, -0.15) is 0 Å². The zero-order chi connectivity index (χ0) is 21.4. The van der Waals surface area contributed by atoms with E-state index in [4.69, 9.17) is 9.15 Å². The number of benzene rings is 1. The molecule has 0 unspecified atom stereocenters. The van der Waals surface area contributed by atoms with E-state index in [0.29, 0.717) is 26.4 Å². The van der Waals surface area contributed by atoms with Crippen molar-refractivity contribution in [2.45, 2.75) is 33.7 Å². The molecule has 0 amide bonds. The fourth-order valence-corrected chi connectivity index (χ4v) is 4.54. The molecule has 0 saturated carbocycles. The van der Waals surface area contributed by atoms with Crippen molar-refractivity contribution >= 4 is 23.4 Å². The van der Waals surface area contributed by atoms with Crippen LogP contribution in [-0.2, 0) is 9.53 Å². The molecule has 1 aliphatic rings. The Morgan fingerprint density at radius 3 is 2.57 bits per heavy atom. The fraction of sp³-hybridized carbons (Fsp3) is 0.261. The molecule has 0 fully saturated rings. The van der Waals surface area contributed by atoms with Crippen LogP contribution in [0.5, 0.6) is 0 Å². The lowest BCUT2D eigenvalue weighted by atomic mass is 9.95. The Morgan fingerprint density at radius 1 is 1.20 bits per heavy atom. The van der Waals surface area contributed by atoms with E-state index in [1.54, 1.807) is 24.5 Å². The summed E-state index contributed by atoms with van der Waals surface area (Å²) in [6.45, 7) is 7.63. The molecule has 7 heteroatoms. The predicted octanol–water partition coefficient (Wildman–Crippen LogP) is 3.01. The number of carbonyl (C=O) groups excluding carboxylic acids is 1. The average Bonchev–Trinajstić information content (AvgIpc) is 3.24. The summed E-state index contributed by atoms with van der Waals surface area (Å²) in [7, 11) is 0. The predicted molar refractivity (Wildman–Crippen MR) is 115 cm³/mol. The van der Waals surface area contributed by atoms with E-state index in [1.165, 1.54) is 11.3 Å². The summed E-state index contributed by atoms with van der Waals surface area (Å²) < 4.78 is 13.0. The van der Waals surface area contributed by atoms with Crippen LogP contribution in [0.15, 0.2) is 61.9 Å². The van der Waals surface area contributed by atoms with Gasteiger partial charge in [-0.1, -0.05) is 41.2 Å². The lowest BCUT2D eigenvalue weighted by molar-refractivity contribution is -0.139. The van der Waals surface area contributed by atoms with Crippen LogP contribution in [0.3, 0.4) is 0 Å². The molecular weight excluding hydrogens is 400 g/mol. The van der Waals surface area contributed by atoms with Crippen LogP contribution in [0.2, 0.25) is 0 Å². The second kappa shape index (κ2) is 7.91.